The zero-order valence-electron chi connectivity index (χ0n) is 14.4. The summed E-state index contributed by atoms with van der Waals surface area (Å²) >= 11 is 0. The summed E-state index contributed by atoms with van der Waals surface area (Å²) in [6.07, 6.45) is 3.87. The van der Waals surface area contributed by atoms with E-state index in [0.717, 1.165) is 25.7 Å². The molecule has 4 rings (SSSR count). The third-order valence-electron chi connectivity index (χ3n) is 6.88. The monoisotopic (exact) mass is 330 g/mol. The molecule has 130 valence electrons. The Bertz CT molecular complexity index is 670. The number of hydrogen-bond acceptors (Lipinski definition) is 4. The van der Waals surface area contributed by atoms with Gasteiger partial charge in [0.2, 0.25) is 0 Å². The fourth-order valence-electron chi connectivity index (χ4n) is 5.84. The molecule has 2 N–H and O–H groups in total. The molecular formula is C20H26O4. The largest absolute Gasteiger partial charge is 0.427 e. The number of fused-ring (bicyclic) bond motifs is 5. The number of esters is 1. The molecule has 24 heavy (non-hydrogen) atoms. The normalized spacial score (nSPS) is 40.4. The second-order valence-corrected chi connectivity index (χ2v) is 8.16. The summed E-state index contributed by atoms with van der Waals surface area (Å²) in [5.74, 6) is 1.34. The summed E-state index contributed by atoms with van der Waals surface area (Å²) in [6.45, 7) is 3.57. The number of carbonyl (C=O) groups excluding carboxylic acids is 1. The summed E-state index contributed by atoms with van der Waals surface area (Å²) in [5, 5.41) is 21.3. The van der Waals surface area contributed by atoms with Gasteiger partial charge >= 0.3 is 5.97 Å². The summed E-state index contributed by atoms with van der Waals surface area (Å²) in [6, 6.07) is 5.82. The van der Waals surface area contributed by atoms with Crippen LogP contribution in [0.1, 0.15) is 56.6 Å². The van der Waals surface area contributed by atoms with Crippen LogP contribution in [0.15, 0.2) is 18.2 Å². The van der Waals surface area contributed by atoms with Gasteiger partial charge in [0.1, 0.15) is 5.75 Å². The zero-order valence-corrected chi connectivity index (χ0v) is 14.4. The Kier molecular flexibility index (Phi) is 3.73. The molecule has 0 unspecified atom stereocenters. The number of aryl methyl sites for hydroxylation is 1. The molecule has 3 aliphatic rings. The van der Waals surface area contributed by atoms with Gasteiger partial charge in [0.05, 0.1) is 12.2 Å². The molecule has 0 spiro atoms. The first-order chi connectivity index (χ1) is 11.4. The van der Waals surface area contributed by atoms with Crippen LogP contribution in [0.4, 0.5) is 0 Å². The van der Waals surface area contributed by atoms with Crippen LogP contribution < -0.4 is 4.74 Å². The number of aliphatic hydroxyl groups is 2. The third-order valence-corrected chi connectivity index (χ3v) is 6.88. The van der Waals surface area contributed by atoms with Crippen molar-refractivity contribution in [1.82, 2.24) is 0 Å². The van der Waals surface area contributed by atoms with Crippen molar-refractivity contribution < 1.29 is 19.7 Å². The summed E-state index contributed by atoms with van der Waals surface area (Å²) in [7, 11) is 0. The summed E-state index contributed by atoms with van der Waals surface area (Å²) < 4.78 is 5.21. The van der Waals surface area contributed by atoms with E-state index in [1.54, 1.807) is 0 Å². The fourth-order valence-corrected chi connectivity index (χ4v) is 5.84. The smallest absolute Gasteiger partial charge is 0.308 e. The van der Waals surface area contributed by atoms with Crippen LogP contribution in [-0.2, 0) is 11.2 Å². The maximum atomic E-state index is 11.2. The van der Waals surface area contributed by atoms with Crippen molar-refractivity contribution in [3.05, 3.63) is 29.3 Å². The van der Waals surface area contributed by atoms with Crippen LogP contribution >= 0.6 is 0 Å². The van der Waals surface area contributed by atoms with Crippen molar-refractivity contribution in [2.24, 2.45) is 17.3 Å². The quantitative estimate of drug-likeness (QED) is 0.614. The predicted molar refractivity (Wildman–Crippen MR) is 89.8 cm³/mol. The minimum atomic E-state index is -0.414. The number of ether oxygens (including phenoxy) is 1. The molecule has 0 heterocycles. The Hall–Kier alpha value is -1.39. The topological polar surface area (TPSA) is 66.8 Å². The van der Waals surface area contributed by atoms with E-state index < -0.39 is 6.10 Å². The fraction of sp³-hybridized carbons (Fsp3) is 0.650. The van der Waals surface area contributed by atoms with Gasteiger partial charge in [-0.3, -0.25) is 4.79 Å². The Labute approximate surface area is 142 Å². The molecule has 0 bridgehead atoms. The van der Waals surface area contributed by atoms with Crippen molar-refractivity contribution >= 4 is 5.97 Å². The first kappa shape index (κ1) is 16.1. The molecular weight excluding hydrogens is 304 g/mol. The van der Waals surface area contributed by atoms with Gasteiger partial charge in [0.25, 0.3) is 0 Å². The average Bonchev–Trinajstić information content (AvgIpc) is 2.81. The average molecular weight is 330 g/mol. The van der Waals surface area contributed by atoms with Gasteiger partial charge in [-0.05, 0) is 72.6 Å². The van der Waals surface area contributed by atoms with Crippen molar-refractivity contribution in [1.29, 1.82) is 0 Å². The Morgan fingerprint density at radius 1 is 1.25 bits per heavy atom. The molecule has 6 atom stereocenters. The SMILES string of the molecule is CC(=O)Oc1ccc2c(c1)CC[C@@H]1[C@@H]2[C@H](O)C[C@]2(C)[C@@H](O)CC[C@@H]12. The van der Waals surface area contributed by atoms with Gasteiger partial charge in [0.15, 0.2) is 0 Å². The molecule has 0 aliphatic heterocycles. The van der Waals surface area contributed by atoms with Crippen LogP contribution in [-0.4, -0.2) is 28.4 Å². The highest BCUT2D eigenvalue weighted by atomic mass is 16.5. The number of carbonyl (C=O) groups is 1. The zero-order chi connectivity index (χ0) is 17.1. The first-order valence-electron chi connectivity index (χ1n) is 9.07. The molecule has 1 aromatic carbocycles. The molecule has 0 radical (unpaired) electrons. The van der Waals surface area contributed by atoms with Crippen molar-refractivity contribution in [2.45, 2.75) is 64.1 Å². The number of aliphatic hydroxyl groups excluding tert-OH is 2. The standard InChI is InChI=1S/C20H26O4/c1-11(21)24-13-4-6-14-12(9-13)3-5-15-16-7-8-18(23)20(16,2)10-17(22)19(14)15/h4,6,9,15-19,22-23H,3,5,7-8,10H2,1-2H3/t15-,16-,17+,18-,19+,20-/m0/s1. The molecule has 0 amide bonds. The number of benzene rings is 1. The maximum absolute atomic E-state index is 11.2. The van der Waals surface area contributed by atoms with Gasteiger partial charge in [0, 0.05) is 12.8 Å². The van der Waals surface area contributed by atoms with Gasteiger partial charge < -0.3 is 14.9 Å². The highest BCUT2D eigenvalue weighted by Gasteiger charge is 2.57. The molecule has 4 nitrogen and oxygen atoms in total. The van der Waals surface area contributed by atoms with Gasteiger partial charge in [-0.25, -0.2) is 0 Å². The van der Waals surface area contributed by atoms with E-state index in [0.29, 0.717) is 24.0 Å². The van der Waals surface area contributed by atoms with E-state index >= 15 is 0 Å². The number of rotatable bonds is 1. The second kappa shape index (κ2) is 5.57. The minimum Gasteiger partial charge on any atom is -0.427 e. The van der Waals surface area contributed by atoms with E-state index in [2.05, 4.69) is 6.92 Å². The van der Waals surface area contributed by atoms with E-state index in [-0.39, 0.29) is 23.4 Å². The molecule has 2 fully saturated rings. The van der Waals surface area contributed by atoms with Crippen LogP contribution in [0.25, 0.3) is 0 Å². The molecule has 0 saturated heterocycles. The lowest BCUT2D eigenvalue weighted by Gasteiger charge is -2.52. The summed E-state index contributed by atoms with van der Waals surface area (Å²) in [5.41, 5.74) is 2.25. The van der Waals surface area contributed by atoms with Gasteiger partial charge in [-0.15, -0.1) is 0 Å². The summed E-state index contributed by atoms with van der Waals surface area (Å²) in [4.78, 5) is 11.2. The Balaban J connectivity index is 1.68. The van der Waals surface area contributed by atoms with Crippen LogP contribution in [0.5, 0.6) is 5.75 Å². The van der Waals surface area contributed by atoms with Crippen molar-refractivity contribution in [3.63, 3.8) is 0 Å². The first-order valence-corrected chi connectivity index (χ1v) is 9.07. The highest BCUT2D eigenvalue weighted by molar-refractivity contribution is 5.69. The molecule has 2 saturated carbocycles. The lowest BCUT2D eigenvalue weighted by molar-refractivity contribution is -0.131. The predicted octanol–water partition coefficient (Wildman–Crippen LogP) is 2.80. The van der Waals surface area contributed by atoms with E-state index in [9.17, 15) is 15.0 Å². The maximum Gasteiger partial charge on any atom is 0.308 e. The van der Waals surface area contributed by atoms with Crippen LogP contribution in [0.2, 0.25) is 0 Å². The van der Waals surface area contributed by atoms with Crippen molar-refractivity contribution in [3.8, 4) is 5.75 Å². The van der Waals surface area contributed by atoms with Crippen LogP contribution in [0.3, 0.4) is 0 Å². The molecule has 1 aromatic rings. The van der Waals surface area contributed by atoms with Gasteiger partial charge in [-0.1, -0.05) is 13.0 Å². The van der Waals surface area contributed by atoms with E-state index in [1.165, 1.54) is 18.1 Å². The Morgan fingerprint density at radius 3 is 2.79 bits per heavy atom. The van der Waals surface area contributed by atoms with E-state index in [4.69, 9.17) is 4.74 Å². The van der Waals surface area contributed by atoms with Crippen LogP contribution in [0, 0.1) is 17.3 Å². The minimum absolute atomic E-state index is 0.142. The lowest BCUT2D eigenvalue weighted by Crippen LogP contribution is -2.50. The third kappa shape index (κ3) is 2.31. The lowest BCUT2D eigenvalue weighted by atomic mass is 9.54. The van der Waals surface area contributed by atoms with Gasteiger partial charge in [-0.2, -0.15) is 0 Å². The molecule has 4 heteroatoms. The second-order valence-electron chi connectivity index (χ2n) is 8.16. The highest BCUT2D eigenvalue weighted by Crippen LogP contribution is 2.60. The Morgan fingerprint density at radius 2 is 2.04 bits per heavy atom. The van der Waals surface area contributed by atoms with Crippen molar-refractivity contribution in [2.75, 3.05) is 0 Å². The molecule has 0 aromatic heterocycles. The van der Waals surface area contributed by atoms with E-state index in [1.807, 2.05) is 18.2 Å². The number of hydrogen-bond donors (Lipinski definition) is 2. The molecule has 3 aliphatic carbocycles.